The molecule has 14 heteroatoms. The number of fused-ring (bicyclic) bond motifs is 1. The Balaban J connectivity index is 1.39. The third-order valence-corrected chi connectivity index (χ3v) is 9.25. The average molecular weight is 605 g/mol. The molecule has 0 aliphatic carbocycles. The molecule has 0 radical (unpaired) electrons. The van der Waals surface area contributed by atoms with Crippen molar-refractivity contribution >= 4 is 32.5 Å². The number of piperidine rings is 1. The smallest absolute Gasteiger partial charge is 0.307 e. The Kier molecular flexibility index (Phi) is 7.81. The summed E-state index contributed by atoms with van der Waals surface area (Å²) in [5.41, 5.74) is -0.940. The van der Waals surface area contributed by atoms with Crippen LogP contribution in [0.4, 0.5) is 23.4 Å². The van der Waals surface area contributed by atoms with Gasteiger partial charge in [-0.3, -0.25) is 9.48 Å². The summed E-state index contributed by atoms with van der Waals surface area (Å²) in [5.74, 6) is -1.62. The Labute approximate surface area is 239 Å². The van der Waals surface area contributed by atoms with E-state index in [-0.39, 0.29) is 41.6 Å². The number of halogens is 4. The third kappa shape index (κ3) is 5.87. The van der Waals surface area contributed by atoms with Crippen LogP contribution in [0.3, 0.4) is 0 Å². The first-order valence-electron chi connectivity index (χ1n) is 13.0. The Morgan fingerprint density at radius 1 is 1.05 bits per heavy atom. The van der Waals surface area contributed by atoms with Crippen LogP contribution < -0.4 is 5.32 Å². The van der Waals surface area contributed by atoms with Gasteiger partial charge in [0, 0.05) is 55.1 Å². The van der Waals surface area contributed by atoms with Crippen molar-refractivity contribution in [2.45, 2.75) is 30.0 Å². The van der Waals surface area contributed by atoms with Crippen LogP contribution in [0.5, 0.6) is 0 Å². The van der Waals surface area contributed by atoms with Gasteiger partial charge in [0.15, 0.2) is 5.69 Å². The Morgan fingerprint density at radius 2 is 1.76 bits per heavy atom. The van der Waals surface area contributed by atoms with Gasteiger partial charge in [0.2, 0.25) is 10.0 Å². The lowest BCUT2D eigenvalue weighted by molar-refractivity contribution is -0.140. The molecule has 2 aromatic carbocycles. The zero-order valence-electron chi connectivity index (χ0n) is 23.0. The summed E-state index contributed by atoms with van der Waals surface area (Å²) in [7, 11) is 1.06. The summed E-state index contributed by atoms with van der Waals surface area (Å²) in [6.07, 6.45) is -0.727. The summed E-state index contributed by atoms with van der Waals surface area (Å²) in [6.45, 7) is 0.459. The van der Waals surface area contributed by atoms with Crippen molar-refractivity contribution in [1.29, 1.82) is 0 Å². The van der Waals surface area contributed by atoms with Crippen LogP contribution in [0.25, 0.3) is 21.9 Å². The number of amides is 1. The summed E-state index contributed by atoms with van der Waals surface area (Å²) in [6, 6.07) is 9.46. The van der Waals surface area contributed by atoms with Crippen molar-refractivity contribution in [2.75, 3.05) is 32.5 Å². The Bertz CT molecular complexity index is 1760. The molecule has 1 aliphatic rings. The van der Waals surface area contributed by atoms with E-state index >= 15 is 0 Å². The van der Waals surface area contributed by atoms with Gasteiger partial charge in [-0.15, -0.1) is 0 Å². The largest absolute Gasteiger partial charge is 0.435 e. The van der Waals surface area contributed by atoms with Gasteiger partial charge in [0.05, 0.1) is 0 Å². The summed E-state index contributed by atoms with van der Waals surface area (Å²) in [4.78, 5) is 18.7. The zero-order valence-corrected chi connectivity index (χ0v) is 23.8. The fraction of sp³-hybridized carbons (Fsp3) is 0.321. The van der Waals surface area contributed by atoms with E-state index in [4.69, 9.17) is 0 Å². The molecule has 0 saturated carbocycles. The molecule has 1 amide bonds. The van der Waals surface area contributed by atoms with Gasteiger partial charge in [0.25, 0.3) is 5.91 Å². The number of rotatable bonds is 6. The second-order valence-corrected chi connectivity index (χ2v) is 12.3. The van der Waals surface area contributed by atoms with Crippen LogP contribution in [-0.2, 0) is 23.2 Å². The minimum Gasteiger partial charge on any atom is -0.307 e. The molecule has 9 nitrogen and oxygen atoms in total. The van der Waals surface area contributed by atoms with Gasteiger partial charge in [-0.05, 0) is 68.2 Å². The molecule has 1 saturated heterocycles. The number of benzene rings is 2. The zero-order chi connectivity index (χ0) is 30.4. The number of hydrogen-bond acceptors (Lipinski definition) is 6. The lowest BCUT2D eigenvalue weighted by Gasteiger charge is -2.34. The molecule has 5 rings (SSSR count). The number of aryl methyl sites for hydroxylation is 1. The molecule has 4 aromatic rings. The molecule has 1 fully saturated rings. The molecular weight excluding hydrogens is 576 g/mol. The van der Waals surface area contributed by atoms with Crippen LogP contribution in [0.1, 0.15) is 28.9 Å². The molecule has 3 heterocycles. The van der Waals surface area contributed by atoms with Crippen LogP contribution in [0.15, 0.2) is 59.8 Å². The summed E-state index contributed by atoms with van der Waals surface area (Å²) >= 11 is 0. The minimum atomic E-state index is -4.65. The molecule has 1 aliphatic heterocycles. The first kappa shape index (κ1) is 29.6. The third-order valence-electron chi connectivity index (χ3n) is 7.34. The van der Waals surface area contributed by atoms with Crippen LogP contribution in [-0.4, -0.2) is 71.5 Å². The Morgan fingerprint density at radius 3 is 2.43 bits per heavy atom. The number of carbonyl (C=O) groups is 1. The number of nitrogens with one attached hydrogen (secondary N) is 1. The van der Waals surface area contributed by atoms with Crippen LogP contribution >= 0.6 is 0 Å². The number of hydrogen-bond donors (Lipinski definition) is 1. The second-order valence-electron chi connectivity index (χ2n) is 10.4. The van der Waals surface area contributed by atoms with Gasteiger partial charge in [-0.1, -0.05) is 12.1 Å². The van der Waals surface area contributed by atoms with E-state index in [1.807, 2.05) is 19.0 Å². The highest BCUT2D eigenvalue weighted by atomic mass is 32.2. The normalized spacial score (nSPS) is 15.4. The number of sulfonamides is 1. The predicted octanol–water partition coefficient (Wildman–Crippen LogP) is 4.76. The lowest BCUT2D eigenvalue weighted by atomic mass is 10.0. The van der Waals surface area contributed by atoms with E-state index < -0.39 is 38.5 Å². The molecular formula is C28H28F4N6O3S. The first-order chi connectivity index (χ1) is 19.7. The molecule has 0 atom stereocenters. The predicted molar refractivity (Wildman–Crippen MR) is 149 cm³/mol. The van der Waals surface area contributed by atoms with Gasteiger partial charge < -0.3 is 10.2 Å². The summed E-state index contributed by atoms with van der Waals surface area (Å²) < 4.78 is 84.1. The fourth-order valence-corrected chi connectivity index (χ4v) is 6.61. The van der Waals surface area contributed by atoms with Crippen molar-refractivity contribution in [3.63, 3.8) is 0 Å². The van der Waals surface area contributed by atoms with Gasteiger partial charge in [0.1, 0.15) is 16.5 Å². The fourth-order valence-electron chi connectivity index (χ4n) is 5.05. The van der Waals surface area contributed by atoms with E-state index in [1.54, 1.807) is 6.07 Å². The molecule has 0 bridgehead atoms. The molecule has 2 aromatic heterocycles. The highest BCUT2D eigenvalue weighted by molar-refractivity contribution is 7.89. The maximum absolute atomic E-state index is 14.7. The van der Waals surface area contributed by atoms with Crippen molar-refractivity contribution in [1.82, 2.24) is 24.0 Å². The van der Waals surface area contributed by atoms with Crippen LogP contribution in [0, 0.1) is 5.82 Å². The second kappa shape index (κ2) is 11.1. The topological polar surface area (TPSA) is 100 Å². The molecule has 0 unspecified atom stereocenters. The molecule has 42 heavy (non-hydrogen) atoms. The van der Waals surface area contributed by atoms with Crippen molar-refractivity contribution in [3.8, 4) is 11.1 Å². The molecule has 1 N–H and O–H groups in total. The monoisotopic (exact) mass is 604 g/mol. The van der Waals surface area contributed by atoms with E-state index in [2.05, 4.69) is 15.4 Å². The number of pyridine rings is 1. The highest BCUT2D eigenvalue weighted by Crippen LogP contribution is 2.37. The van der Waals surface area contributed by atoms with Gasteiger partial charge >= 0.3 is 6.18 Å². The number of alkyl halides is 3. The van der Waals surface area contributed by atoms with E-state index in [1.165, 1.54) is 48.0 Å². The van der Waals surface area contributed by atoms with Gasteiger partial charge in [-0.2, -0.15) is 22.6 Å². The van der Waals surface area contributed by atoms with Crippen molar-refractivity contribution in [2.24, 2.45) is 7.05 Å². The molecule has 0 spiro atoms. The number of aromatic nitrogens is 3. The minimum absolute atomic E-state index is 0.0753. The number of carbonyl (C=O) groups excluding carboxylic acids is 1. The van der Waals surface area contributed by atoms with E-state index in [0.717, 1.165) is 16.8 Å². The van der Waals surface area contributed by atoms with Crippen LogP contribution in [0.2, 0.25) is 0 Å². The Hall–Kier alpha value is -3.88. The SMILES string of the molecule is CN(C)C1CCN(S(=O)(=O)c2cc(C(=O)Nc3cc4cc(-c5cn(C)nc5C(F)(F)F)ccc4cn3)ccc2F)CC1. The highest BCUT2D eigenvalue weighted by Gasteiger charge is 2.37. The maximum atomic E-state index is 14.7. The molecule has 222 valence electrons. The standard InChI is InChI=1S/C28H28F4N6O3S/c1-36(2)21-8-10-38(11-9-21)42(40,41)24-13-18(6-7-23(24)29)27(39)34-25-14-20-12-17(4-5-19(20)15-33-25)22-16-37(3)35-26(22)28(30,31)32/h4-7,12-16,21H,8-11H2,1-3H3,(H,33,34,39). The maximum Gasteiger partial charge on any atom is 0.435 e. The number of nitrogens with zero attached hydrogens (tertiary/aromatic N) is 5. The van der Waals surface area contributed by atoms with Crippen molar-refractivity contribution < 1.29 is 30.8 Å². The number of anilines is 1. The van der Waals surface area contributed by atoms with Gasteiger partial charge in [-0.25, -0.2) is 17.8 Å². The first-order valence-corrected chi connectivity index (χ1v) is 14.5. The average Bonchev–Trinajstić information content (AvgIpc) is 3.35. The summed E-state index contributed by atoms with van der Waals surface area (Å²) in [5, 5.41) is 7.22. The van der Waals surface area contributed by atoms with Crippen molar-refractivity contribution in [3.05, 3.63) is 71.9 Å². The van der Waals surface area contributed by atoms with E-state index in [9.17, 15) is 30.8 Å². The quantitative estimate of drug-likeness (QED) is 0.319. The lowest BCUT2D eigenvalue weighted by Crippen LogP contribution is -2.44. The van der Waals surface area contributed by atoms with E-state index in [0.29, 0.717) is 23.6 Å².